The highest BCUT2D eigenvalue weighted by molar-refractivity contribution is 5.82. The average molecular weight is 834 g/mol. The van der Waals surface area contributed by atoms with Gasteiger partial charge in [0.15, 0.2) is 0 Å². The van der Waals surface area contributed by atoms with Crippen molar-refractivity contribution in [3.63, 3.8) is 0 Å². The molecule has 15 heteroatoms. The van der Waals surface area contributed by atoms with E-state index in [0.29, 0.717) is 52.5 Å². The molecule has 0 fully saturated rings. The molecule has 0 atom stereocenters. The summed E-state index contributed by atoms with van der Waals surface area (Å²) in [5, 5.41) is 17.4. The number of carbonyl (C=O) groups is 5. The molecule has 0 radical (unpaired) electrons. The van der Waals surface area contributed by atoms with E-state index in [4.69, 9.17) is 52.8 Å². The third-order valence-electron chi connectivity index (χ3n) is 9.12. The molecule has 0 rings (SSSR count). The number of hydrogen-bond donors (Lipinski definition) is 4. The summed E-state index contributed by atoms with van der Waals surface area (Å²) in [6.07, 6.45) is 22.1. The van der Waals surface area contributed by atoms with Crippen LogP contribution in [-0.2, 0) is 52.4 Å². The number of hydrogen-bond acceptors (Lipinski definition) is 12. The van der Waals surface area contributed by atoms with E-state index in [1.165, 1.54) is 0 Å². The number of terminal acetylenes is 3. The quantitative estimate of drug-likeness (QED) is 0.0519. The molecular weight excluding hydrogens is 762 g/mol. The Morgan fingerprint density at radius 3 is 1.20 bits per heavy atom. The van der Waals surface area contributed by atoms with Crippen molar-refractivity contribution in [2.24, 2.45) is 5.41 Å². The third-order valence-corrected chi connectivity index (χ3v) is 9.12. The van der Waals surface area contributed by atoms with Crippen molar-refractivity contribution in [1.29, 1.82) is 0 Å². The van der Waals surface area contributed by atoms with Gasteiger partial charge in [-0.15, -0.1) is 19.3 Å². The monoisotopic (exact) mass is 834 g/mol. The van der Waals surface area contributed by atoms with Crippen LogP contribution in [0.25, 0.3) is 0 Å². The maximum atomic E-state index is 13.6. The summed E-state index contributed by atoms with van der Waals surface area (Å²) in [4.78, 5) is 65.2. The maximum Gasteiger partial charge on any atom is 0.220 e. The lowest BCUT2D eigenvalue weighted by Gasteiger charge is -2.33. The fourth-order valence-corrected chi connectivity index (χ4v) is 5.96. The summed E-state index contributed by atoms with van der Waals surface area (Å²) in [5.41, 5.74) is -0.859. The normalized spacial score (nSPS) is 10.9. The van der Waals surface area contributed by atoms with Crippen molar-refractivity contribution >= 4 is 29.3 Å². The molecule has 334 valence electrons. The molecule has 59 heavy (non-hydrogen) atoms. The Labute approximate surface area is 352 Å². The summed E-state index contributed by atoms with van der Waals surface area (Å²) >= 11 is 0. The molecule has 0 aliphatic rings. The zero-order chi connectivity index (χ0) is 43.5. The van der Waals surface area contributed by atoms with Crippen molar-refractivity contribution < 1.29 is 57.5 Å². The zero-order valence-corrected chi connectivity index (χ0v) is 35.3. The van der Waals surface area contributed by atoms with Crippen LogP contribution in [0.5, 0.6) is 0 Å². The molecule has 0 unspecified atom stereocenters. The molecule has 0 aromatic heterocycles. The highest BCUT2D eigenvalue weighted by Crippen LogP contribution is 2.39. The Bertz CT molecular complexity index is 1140. The Balaban J connectivity index is 5.59. The Kier molecular flexibility index (Phi) is 38.2. The minimum atomic E-state index is -0.859. The van der Waals surface area contributed by atoms with Gasteiger partial charge in [-0.25, -0.2) is 0 Å². The molecule has 0 aromatic rings. The molecule has 15 nitrogen and oxygen atoms in total. The van der Waals surface area contributed by atoms with Crippen LogP contribution in [0.3, 0.4) is 0 Å². The second-order valence-electron chi connectivity index (χ2n) is 14.0. The van der Waals surface area contributed by atoms with Crippen molar-refractivity contribution in [2.45, 2.75) is 103 Å². The molecule has 0 bridgehead atoms. The minimum Gasteiger partial charge on any atom is -0.396 e. The molecule has 3 amide bonds. The predicted octanol–water partition coefficient (Wildman–Crippen LogP) is 2.69. The number of nitrogens with one attached hydrogen (secondary N) is 3. The van der Waals surface area contributed by atoms with Crippen LogP contribution >= 0.6 is 0 Å². The number of rotatable bonds is 43. The predicted molar refractivity (Wildman–Crippen MR) is 224 cm³/mol. The number of ether oxygens (including phenoxy) is 6. The lowest BCUT2D eigenvalue weighted by Crippen LogP contribution is -2.35. The van der Waals surface area contributed by atoms with Crippen LogP contribution in [0.1, 0.15) is 103 Å². The molecular formula is C44H71N3O12. The van der Waals surface area contributed by atoms with Crippen molar-refractivity contribution in [3.8, 4) is 37.0 Å². The van der Waals surface area contributed by atoms with Gasteiger partial charge >= 0.3 is 0 Å². The first kappa shape index (κ1) is 55.2. The summed E-state index contributed by atoms with van der Waals surface area (Å²) in [6.45, 7) is 4.29. The fourth-order valence-electron chi connectivity index (χ4n) is 5.96. The largest absolute Gasteiger partial charge is 0.396 e. The highest BCUT2D eigenvalue weighted by atomic mass is 16.5. The van der Waals surface area contributed by atoms with E-state index < -0.39 is 5.41 Å². The summed E-state index contributed by atoms with van der Waals surface area (Å²) in [5.74, 6) is 6.38. The van der Waals surface area contributed by atoms with E-state index in [0.717, 1.165) is 32.1 Å². The molecule has 0 saturated carbocycles. The second-order valence-corrected chi connectivity index (χ2v) is 14.0. The average Bonchev–Trinajstić information content (AvgIpc) is 3.22. The lowest BCUT2D eigenvalue weighted by atomic mass is 9.71. The van der Waals surface area contributed by atoms with Gasteiger partial charge in [-0.3, -0.25) is 24.0 Å². The Morgan fingerprint density at radius 1 is 0.441 bits per heavy atom. The van der Waals surface area contributed by atoms with Gasteiger partial charge in [0.1, 0.15) is 31.4 Å². The third kappa shape index (κ3) is 36.9. The van der Waals surface area contributed by atoms with Gasteiger partial charge in [-0.05, 0) is 43.9 Å². The van der Waals surface area contributed by atoms with E-state index in [1.54, 1.807) is 0 Å². The van der Waals surface area contributed by atoms with Gasteiger partial charge in [-0.2, -0.15) is 0 Å². The Hall–Kier alpha value is -3.85. The first-order valence-electron chi connectivity index (χ1n) is 20.9. The molecule has 0 aliphatic heterocycles. The fraction of sp³-hybridized carbons (Fsp3) is 0.750. The van der Waals surface area contributed by atoms with E-state index in [9.17, 15) is 24.0 Å². The summed E-state index contributed by atoms with van der Waals surface area (Å²) in [6, 6.07) is 0. The summed E-state index contributed by atoms with van der Waals surface area (Å²) in [7, 11) is 0. The molecule has 0 heterocycles. The van der Waals surface area contributed by atoms with E-state index >= 15 is 0 Å². The highest BCUT2D eigenvalue weighted by Gasteiger charge is 2.34. The minimum absolute atomic E-state index is 0.0438. The Morgan fingerprint density at radius 2 is 0.797 bits per heavy atom. The lowest BCUT2D eigenvalue weighted by molar-refractivity contribution is -0.127. The molecule has 0 aliphatic carbocycles. The van der Waals surface area contributed by atoms with Gasteiger partial charge in [0.2, 0.25) is 17.7 Å². The van der Waals surface area contributed by atoms with E-state index in [2.05, 4.69) is 33.7 Å². The van der Waals surface area contributed by atoms with Crippen molar-refractivity contribution in [2.75, 3.05) is 106 Å². The van der Waals surface area contributed by atoms with Gasteiger partial charge in [-0.1, -0.05) is 37.0 Å². The van der Waals surface area contributed by atoms with Gasteiger partial charge < -0.3 is 49.5 Å². The number of aliphatic hydroxyl groups excluding tert-OH is 1. The zero-order valence-electron chi connectivity index (χ0n) is 35.3. The molecule has 0 saturated heterocycles. The molecule has 4 N–H and O–H groups in total. The van der Waals surface area contributed by atoms with Gasteiger partial charge in [0.25, 0.3) is 0 Å². The number of aliphatic hydroxyl groups is 1. The smallest absolute Gasteiger partial charge is 0.220 e. The summed E-state index contributed by atoms with van der Waals surface area (Å²) < 4.78 is 31.9. The number of ketones is 2. The van der Waals surface area contributed by atoms with Crippen LogP contribution in [-0.4, -0.2) is 140 Å². The van der Waals surface area contributed by atoms with Gasteiger partial charge in [0, 0.05) is 71.2 Å². The van der Waals surface area contributed by atoms with Crippen LogP contribution in [0.15, 0.2) is 0 Å². The first-order chi connectivity index (χ1) is 28.7. The van der Waals surface area contributed by atoms with Crippen LogP contribution in [0.2, 0.25) is 0 Å². The van der Waals surface area contributed by atoms with Crippen molar-refractivity contribution in [1.82, 2.24) is 16.0 Å². The topological polar surface area (TPSA) is 197 Å². The maximum absolute atomic E-state index is 13.6. The SMILES string of the molecule is C#CCOCCOCCNC(=O)CCC(CCC(=O)NCCOCCOCC#C)(CCC(=O)NCCOCCOCC#C)CC(=O)CCCC(=O)CCCCCCCO. The number of carbonyl (C=O) groups excluding carboxylic acids is 5. The second kappa shape index (κ2) is 40.9. The van der Waals surface area contributed by atoms with Crippen LogP contribution < -0.4 is 16.0 Å². The molecule has 0 aromatic carbocycles. The van der Waals surface area contributed by atoms with Crippen LogP contribution in [0.4, 0.5) is 0 Å². The molecule has 0 spiro atoms. The van der Waals surface area contributed by atoms with E-state index in [-0.39, 0.29) is 153 Å². The standard InChI is InChI=1S/C44H71N3O12/c1-4-26-54-32-35-57-29-22-45-41(51)16-19-44(20-17-42(52)46-23-30-58-36-33-55-27-5-2,21-18-43(53)47-24-31-59-37-34-56-28-6-3)38-40(50)15-12-14-39(49)13-10-8-7-9-11-25-48/h1-3,48H,7-38H2,(H,45,51)(H,46,52)(H,47,53). The first-order valence-corrected chi connectivity index (χ1v) is 20.9. The van der Waals surface area contributed by atoms with Crippen molar-refractivity contribution in [3.05, 3.63) is 0 Å². The van der Waals surface area contributed by atoms with Crippen LogP contribution in [0, 0.1) is 42.4 Å². The van der Waals surface area contributed by atoms with Gasteiger partial charge in [0.05, 0.1) is 59.5 Å². The number of amides is 3. The number of Topliss-reactive ketones (excluding diaryl/α,β-unsaturated/α-hetero) is 2. The number of unbranched alkanes of at least 4 members (excludes halogenated alkanes) is 4. The van der Waals surface area contributed by atoms with E-state index in [1.807, 2.05) is 0 Å².